The fourth-order valence-corrected chi connectivity index (χ4v) is 3.10. The van der Waals surface area contributed by atoms with Gasteiger partial charge >= 0.3 is 0 Å². The van der Waals surface area contributed by atoms with Crippen molar-refractivity contribution in [1.29, 1.82) is 0 Å². The van der Waals surface area contributed by atoms with Crippen LogP contribution < -0.4 is 5.32 Å². The lowest BCUT2D eigenvalue weighted by atomic mass is 10.1. The molecule has 3 rings (SSSR count). The molecular weight excluding hydrogens is 306 g/mol. The molecule has 0 spiro atoms. The normalized spacial score (nSPS) is 16.8. The Morgan fingerprint density at radius 3 is 2.75 bits per heavy atom. The molecule has 2 N–H and O–H groups in total. The SMILES string of the molecule is Cc1c(C(=O)N[C@H](CO)c2ccccc2)cnn1C1CCOCC1. The summed E-state index contributed by atoms with van der Waals surface area (Å²) in [4.78, 5) is 12.6. The summed E-state index contributed by atoms with van der Waals surface area (Å²) in [5, 5.41) is 16.9. The number of carbonyl (C=O) groups is 1. The number of benzene rings is 1. The molecule has 1 fully saturated rings. The summed E-state index contributed by atoms with van der Waals surface area (Å²) in [7, 11) is 0. The van der Waals surface area contributed by atoms with E-state index in [1.165, 1.54) is 0 Å². The molecule has 0 saturated carbocycles. The first kappa shape index (κ1) is 16.7. The van der Waals surface area contributed by atoms with E-state index in [0.717, 1.165) is 37.3 Å². The summed E-state index contributed by atoms with van der Waals surface area (Å²) in [5.74, 6) is -0.214. The largest absolute Gasteiger partial charge is 0.394 e. The molecule has 0 unspecified atom stereocenters. The van der Waals surface area contributed by atoms with Crippen LogP contribution in [-0.4, -0.2) is 40.6 Å². The molecule has 2 heterocycles. The van der Waals surface area contributed by atoms with Crippen LogP contribution in [0.15, 0.2) is 36.5 Å². The maximum Gasteiger partial charge on any atom is 0.255 e. The van der Waals surface area contributed by atoms with E-state index in [0.29, 0.717) is 5.56 Å². The van der Waals surface area contributed by atoms with E-state index < -0.39 is 6.04 Å². The highest BCUT2D eigenvalue weighted by Gasteiger charge is 2.23. The number of rotatable bonds is 5. The molecule has 1 atom stereocenters. The maximum absolute atomic E-state index is 12.6. The summed E-state index contributed by atoms with van der Waals surface area (Å²) in [6.45, 7) is 3.22. The van der Waals surface area contributed by atoms with Gasteiger partial charge in [-0.1, -0.05) is 30.3 Å². The third kappa shape index (κ3) is 3.49. The zero-order valence-corrected chi connectivity index (χ0v) is 13.8. The summed E-state index contributed by atoms with van der Waals surface area (Å²) in [5.41, 5.74) is 2.28. The van der Waals surface area contributed by atoms with Gasteiger partial charge < -0.3 is 15.2 Å². The molecule has 1 aromatic heterocycles. The summed E-state index contributed by atoms with van der Waals surface area (Å²) < 4.78 is 7.31. The highest BCUT2D eigenvalue weighted by atomic mass is 16.5. The number of aromatic nitrogens is 2. The Morgan fingerprint density at radius 2 is 2.08 bits per heavy atom. The van der Waals surface area contributed by atoms with E-state index >= 15 is 0 Å². The molecular formula is C18H23N3O3. The van der Waals surface area contributed by atoms with Crippen LogP contribution in [0.2, 0.25) is 0 Å². The maximum atomic E-state index is 12.6. The minimum atomic E-state index is -0.426. The van der Waals surface area contributed by atoms with Gasteiger partial charge in [0.2, 0.25) is 0 Å². The van der Waals surface area contributed by atoms with E-state index in [1.54, 1.807) is 6.20 Å². The van der Waals surface area contributed by atoms with Crippen molar-refractivity contribution in [1.82, 2.24) is 15.1 Å². The fraction of sp³-hybridized carbons (Fsp3) is 0.444. The van der Waals surface area contributed by atoms with Crippen LogP contribution in [0, 0.1) is 6.92 Å². The Balaban J connectivity index is 1.74. The second-order valence-corrected chi connectivity index (χ2v) is 6.05. The molecule has 6 nitrogen and oxygen atoms in total. The summed E-state index contributed by atoms with van der Waals surface area (Å²) in [6.07, 6.45) is 3.43. The van der Waals surface area contributed by atoms with Crippen LogP contribution in [-0.2, 0) is 4.74 Å². The van der Waals surface area contributed by atoms with Crippen molar-refractivity contribution < 1.29 is 14.6 Å². The monoisotopic (exact) mass is 329 g/mol. The first-order valence-corrected chi connectivity index (χ1v) is 8.29. The van der Waals surface area contributed by atoms with Crippen LogP contribution in [0.4, 0.5) is 0 Å². The molecule has 6 heteroatoms. The van der Waals surface area contributed by atoms with E-state index in [9.17, 15) is 9.90 Å². The number of nitrogens with one attached hydrogen (secondary N) is 1. The van der Waals surface area contributed by atoms with Crippen LogP contribution in [0.5, 0.6) is 0 Å². The molecule has 0 aliphatic carbocycles. The van der Waals surface area contributed by atoms with Gasteiger partial charge in [0.25, 0.3) is 5.91 Å². The Labute approximate surface area is 141 Å². The predicted octanol–water partition coefficient (Wildman–Crippen LogP) is 2.01. The van der Waals surface area contributed by atoms with E-state index in [2.05, 4.69) is 10.4 Å². The lowest BCUT2D eigenvalue weighted by Crippen LogP contribution is -2.31. The van der Waals surface area contributed by atoms with Crippen molar-refractivity contribution in [2.75, 3.05) is 19.8 Å². The Kier molecular flexibility index (Phi) is 5.27. The lowest BCUT2D eigenvalue weighted by Gasteiger charge is -2.23. The highest BCUT2D eigenvalue weighted by molar-refractivity contribution is 5.95. The molecule has 1 saturated heterocycles. The molecule has 1 aliphatic rings. The highest BCUT2D eigenvalue weighted by Crippen LogP contribution is 2.23. The fourth-order valence-electron chi connectivity index (χ4n) is 3.10. The van der Waals surface area contributed by atoms with Gasteiger partial charge in [0.1, 0.15) is 0 Å². The first-order valence-electron chi connectivity index (χ1n) is 8.29. The summed E-state index contributed by atoms with van der Waals surface area (Å²) in [6, 6.07) is 9.31. The smallest absolute Gasteiger partial charge is 0.255 e. The number of ether oxygens (including phenoxy) is 1. The quantitative estimate of drug-likeness (QED) is 0.880. The predicted molar refractivity (Wildman–Crippen MR) is 89.8 cm³/mol. The second-order valence-electron chi connectivity index (χ2n) is 6.05. The van der Waals surface area contributed by atoms with Crippen LogP contribution in [0.25, 0.3) is 0 Å². The van der Waals surface area contributed by atoms with Gasteiger partial charge in [0.05, 0.1) is 30.5 Å². The van der Waals surface area contributed by atoms with Gasteiger partial charge in [-0.3, -0.25) is 9.48 Å². The summed E-state index contributed by atoms with van der Waals surface area (Å²) >= 11 is 0. The van der Waals surface area contributed by atoms with Gasteiger partial charge in [-0.15, -0.1) is 0 Å². The number of nitrogens with zero attached hydrogens (tertiary/aromatic N) is 2. The topological polar surface area (TPSA) is 76.4 Å². The van der Waals surface area contributed by atoms with E-state index in [-0.39, 0.29) is 18.6 Å². The van der Waals surface area contributed by atoms with Crippen molar-refractivity contribution in [3.05, 3.63) is 53.3 Å². The number of hydrogen-bond donors (Lipinski definition) is 2. The third-order valence-corrected chi connectivity index (χ3v) is 4.52. The van der Waals surface area contributed by atoms with Gasteiger partial charge in [0.15, 0.2) is 0 Å². The number of hydrogen-bond acceptors (Lipinski definition) is 4. The van der Waals surface area contributed by atoms with Crippen molar-refractivity contribution in [2.24, 2.45) is 0 Å². The molecule has 128 valence electrons. The third-order valence-electron chi connectivity index (χ3n) is 4.52. The first-order chi connectivity index (χ1) is 11.7. The van der Waals surface area contributed by atoms with Gasteiger partial charge in [-0.25, -0.2) is 0 Å². The standard InChI is InChI=1S/C18H23N3O3/c1-13-16(11-19-21(13)15-7-9-24-10-8-15)18(23)20-17(12-22)14-5-3-2-4-6-14/h2-6,11,15,17,22H,7-10,12H2,1H3,(H,20,23)/t17-/m1/s1. The number of carbonyl (C=O) groups excluding carboxylic acids is 1. The Morgan fingerprint density at radius 1 is 1.38 bits per heavy atom. The van der Waals surface area contributed by atoms with Crippen molar-refractivity contribution in [3.8, 4) is 0 Å². The number of aliphatic hydroxyl groups is 1. The number of amides is 1. The molecule has 0 bridgehead atoms. The van der Waals surface area contributed by atoms with Crippen molar-refractivity contribution in [2.45, 2.75) is 31.8 Å². The lowest BCUT2D eigenvalue weighted by molar-refractivity contribution is 0.0656. The Bertz CT molecular complexity index is 678. The van der Waals surface area contributed by atoms with Crippen LogP contribution >= 0.6 is 0 Å². The van der Waals surface area contributed by atoms with Crippen molar-refractivity contribution >= 4 is 5.91 Å². The molecule has 1 amide bonds. The van der Waals surface area contributed by atoms with Crippen molar-refractivity contribution in [3.63, 3.8) is 0 Å². The number of aliphatic hydroxyl groups excluding tert-OH is 1. The minimum absolute atomic E-state index is 0.150. The minimum Gasteiger partial charge on any atom is -0.394 e. The van der Waals surface area contributed by atoms with Crippen LogP contribution in [0.1, 0.15) is 46.5 Å². The average molecular weight is 329 g/mol. The van der Waals surface area contributed by atoms with Gasteiger partial charge in [-0.05, 0) is 25.3 Å². The second kappa shape index (κ2) is 7.59. The van der Waals surface area contributed by atoms with Gasteiger partial charge in [-0.2, -0.15) is 5.10 Å². The molecule has 0 radical (unpaired) electrons. The molecule has 1 aromatic carbocycles. The molecule has 1 aliphatic heterocycles. The van der Waals surface area contributed by atoms with E-state index in [4.69, 9.17) is 4.74 Å². The zero-order chi connectivity index (χ0) is 16.9. The zero-order valence-electron chi connectivity index (χ0n) is 13.8. The molecule has 2 aromatic rings. The average Bonchev–Trinajstić information content (AvgIpc) is 3.02. The molecule has 24 heavy (non-hydrogen) atoms. The Hall–Kier alpha value is -2.18. The van der Waals surface area contributed by atoms with Crippen LogP contribution in [0.3, 0.4) is 0 Å². The van der Waals surface area contributed by atoms with E-state index in [1.807, 2.05) is 41.9 Å². The van der Waals surface area contributed by atoms with Gasteiger partial charge in [0, 0.05) is 18.9 Å².